The van der Waals surface area contributed by atoms with Crippen LogP contribution in [0.15, 0.2) is 0 Å². The lowest BCUT2D eigenvalue weighted by atomic mass is 10.0. The minimum atomic E-state index is -1.72. The van der Waals surface area contributed by atoms with Gasteiger partial charge in [-0.2, -0.15) is 0 Å². The Morgan fingerprint density at radius 3 is 1.81 bits per heavy atom. The molecular weight excluding hydrogens is 352 g/mol. The zero-order valence-corrected chi connectivity index (χ0v) is 15.1. The molecule has 0 aliphatic heterocycles. The summed E-state index contributed by atoms with van der Waals surface area (Å²) in [7, 11) is -1.39. The maximum Gasteiger partial charge on any atom is 0.303 e. The smallest absolute Gasteiger partial charge is 0.303 e. The Hall–Kier alpha value is -2.20. The molecule has 0 fully saturated rings. The molecule has 0 rings (SSSR count). The van der Waals surface area contributed by atoms with Gasteiger partial charge in [-0.1, -0.05) is 0 Å². The second-order valence-corrected chi connectivity index (χ2v) is 5.03. The third-order valence-corrected chi connectivity index (χ3v) is 2.84. The van der Waals surface area contributed by atoms with E-state index in [0.29, 0.717) is 0 Å². The van der Waals surface area contributed by atoms with Crippen LogP contribution in [0.4, 0.5) is 0 Å². The van der Waals surface area contributed by atoms with E-state index in [4.69, 9.17) is 32.5 Å². The summed E-state index contributed by atoms with van der Waals surface area (Å²) >= 11 is 0. The van der Waals surface area contributed by atoms with E-state index in [1.54, 1.807) is 0 Å². The molecule has 0 bridgehead atoms. The van der Waals surface area contributed by atoms with Crippen molar-refractivity contribution in [3.63, 3.8) is 0 Å². The predicted molar refractivity (Wildman–Crippen MR) is 86.0 cm³/mol. The normalized spacial score (nSPS) is 17.9. The van der Waals surface area contributed by atoms with Crippen LogP contribution in [0, 0.1) is 0 Å². The highest BCUT2D eigenvalue weighted by atomic mass is 16.6. The SMILES string of the molecule is [2H]CO[C@@H]([C@H](OC(C)=O)[C@@H](COC(C)=O)OC(C)=O)[C@@H](OC[2H])C([2H])OC(C)=O. The third-order valence-electron chi connectivity index (χ3n) is 2.84. The molecule has 0 aromatic rings. The molecule has 0 aromatic carbocycles. The lowest BCUT2D eigenvalue weighted by Gasteiger charge is -2.34. The van der Waals surface area contributed by atoms with E-state index in [1.807, 2.05) is 0 Å². The van der Waals surface area contributed by atoms with Gasteiger partial charge >= 0.3 is 23.9 Å². The van der Waals surface area contributed by atoms with Gasteiger partial charge in [0.15, 0.2) is 12.2 Å². The summed E-state index contributed by atoms with van der Waals surface area (Å²) in [5, 5.41) is 0. The first-order valence-corrected chi connectivity index (χ1v) is 7.42. The van der Waals surface area contributed by atoms with Gasteiger partial charge in [0.2, 0.25) is 0 Å². The summed E-state index contributed by atoms with van der Waals surface area (Å²) in [6.07, 6.45) is -5.88. The van der Waals surface area contributed by atoms with Gasteiger partial charge in [0.25, 0.3) is 0 Å². The van der Waals surface area contributed by atoms with E-state index in [0.717, 1.165) is 27.7 Å². The summed E-state index contributed by atoms with van der Waals surface area (Å²) in [6.45, 7) is 2.01. The lowest BCUT2D eigenvalue weighted by Crippen LogP contribution is -2.52. The average molecular weight is 381 g/mol. The topological polar surface area (TPSA) is 124 Å². The molecule has 0 saturated heterocycles. The third kappa shape index (κ3) is 9.33. The Morgan fingerprint density at radius 2 is 1.35 bits per heavy atom. The van der Waals surface area contributed by atoms with E-state index < -0.39 is 75.7 Å². The van der Waals surface area contributed by atoms with E-state index in [1.165, 1.54) is 0 Å². The van der Waals surface area contributed by atoms with Gasteiger partial charge in [0.05, 0.1) is 4.11 Å². The van der Waals surface area contributed by atoms with Gasteiger partial charge in [-0.15, -0.1) is 0 Å². The summed E-state index contributed by atoms with van der Waals surface area (Å²) in [5.74, 6) is -3.18. The highest BCUT2D eigenvalue weighted by Crippen LogP contribution is 2.19. The lowest BCUT2D eigenvalue weighted by molar-refractivity contribution is -0.197. The standard InChI is InChI=1S/C16H26O10/c1-9(17)23-7-13(21-5)15(22-6)16(26-12(4)20)14(25-11(3)19)8-24-10(2)18/h13-16H,7-8H2,1-6H3/t13-,14+,15+,16+/m0/s1/i5D,6D,7D/t7?,13-,14+,15+,16+. The van der Waals surface area contributed by atoms with Crippen molar-refractivity contribution in [1.82, 2.24) is 0 Å². The molecule has 0 aromatic heterocycles. The van der Waals surface area contributed by atoms with Crippen molar-refractivity contribution in [3.05, 3.63) is 0 Å². The van der Waals surface area contributed by atoms with Crippen LogP contribution >= 0.6 is 0 Å². The fourth-order valence-electron chi connectivity index (χ4n) is 1.91. The highest BCUT2D eigenvalue weighted by molar-refractivity contribution is 5.68. The molecule has 0 aliphatic rings. The Bertz CT molecular complexity index is 559. The molecule has 0 spiro atoms. The zero-order valence-electron chi connectivity index (χ0n) is 18.1. The molecule has 0 saturated carbocycles. The van der Waals surface area contributed by atoms with E-state index in [9.17, 15) is 19.2 Å². The number of hydrogen-bond donors (Lipinski definition) is 0. The molecule has 1 unspecified atom stereocenters. The zero-order chi connectivity index (χ0) is 22.6. The van der Waals surface area contributed by atoms with Gasteiger partial charge in [0, 0.05) is 41.9 Å². The number of esters is 4. The van der Waals surface area contributed by atoms with Crippen molar-refractivity contribution in [2.75, 3.05) is 27.4 Å². The molecule has 150 valence electrons. The highest BCUT2D eigenvalue weighted by Gasteiger charge is 2.41. The number of carbonyl (C=O) groups is 4. The van der Waals surface area contributed by atoms with Crippen LogP contribution in [0.25, 0.3) is 0 Å². The number of carbonyl (C=O) groups excluding carboxylic acids is 4. The van der Waals surface area contributed by atoms with Crippen LogP contribution in [0.1, 0.15) is 31.8 Å². The van der Waals surface area contributed by atoms with Crippen molar-refractivity contribution >= 4 is 23.9 Å². The monoisotopic (exact) mass is 381 g/mol. The second-order valence-electron chi connectivity index (χ2n) is 5.03. The van der Waals surface area contributed by atoms with Crippen LogP contribution in [0.2, 0.25) is 0 Å². The van der Waals surface area contributed by atoms with Crippen molar-refractivity contribution in [2.24, 2.45) is 0 Å². The second kappa shape index (κ2) is 12.2. The van der Waals surface area contributed by atoms with Gasteiger partial charge in [-0.3, -0.25) is 19.2 Å². The Morgan fingerprint density at radius 1 is 0.769 bits per heavy atom. The first-order chi connectivity index (χ1) is 13.5. The molecule has 0 heterocycles. The number of ether oxygens (including phenoxy) is 6. The summed E-state index contributed by atoms with van der Waals surface area (Å²) in [4.78, 5) is 45.5. The van der Waals surface area contributed by atoms with Crippen molar-refractivity contribution in [1.29, 1.82) is 0 Å². The fourth-order valence-corrected chi connectivity index (χ4v) is 1.91. The van der Waals surface area contributed by atoms with E-state index >= 15 is 0 Å². The molecule has 0 radical (unpaired) electrons. The largest absolute Gasteiger partial charge is 0.463 e. The molecule has 26 heavy (non-hydrogen) atoms. The first-order valence-electron chi connectivity index (χ1n) is 9.41. The van der Waals surface area contributed by atoms with Crippen LogP contribution in [0.5, 0.6) is 0 Å². The predicted octanol–water partition coefficient (Wildman–Crippen LogP) is 0.00600. The Kier molecular flexibility index (Phi) is 8.72. The minimum absolute atomic E-state index is 0.533. The molecule has 0 amide bonds. The van der Waals surface area contributed by atoms with Gasteiger partial charge in [-0.25, -0.2) is 0 Å². The van der Waals surface area contributed by atoms with Crippen LogP contribution in [-0.4, -0.2) is 75.7 Å². The first kappa shape index (κ1) is 18.6. The molecule has 0 aliphatic carbocycles. The van der Waals surface area contributed by atoms with Crippen molar-refractivity contribution in [3.8, 4) is 0 Å². The van der Waals surface area contributed by atoms with Gasteiger partial charge < -0.3 is 28.4 Å². The number of hydrogen-bond acceptors (Lipinski definition) is 10. The van der Waals surface area contributed by atoms with Crippen LogP contribution in [0.3, 0.4) is 0 Å². The molecule has 10 heteroatoms. The van der Waals surface area contributed by atoms with E-state index in [-0.39, 0.29) is 0 Å². The maximum absolute atomic E-state index is 11.6. The van der Waals surface area contributed by atoms with Gasteiger partial charge in [0.1, 0.15) is 25.4 Å². The maximum atomic E-state index is 11.6. The quantitative estimate of drug-likeness (QED) is 0.357. The Balaban J connectivity index is 6.05. The summed E-state index contributed by atoms with van der Waals surface area (Å²) in [6, 6.07) is 0. The van der Waals surface area contributed by atoms with Crippen LogP contribution < -0.4 is 0 Å². The summed E-state index contributed by atoms with van der Waals surface area (Å²) in [5.41, 5.74) is 0. The minimum Gasteiger partial charge on any atom is -0.463 e. The van der Waals surface area contributed by atoms with Crippen molar-refractivity contribution in [2.45, 2.75) is 52.1 Å². The number of rotatable bonds is 11. The van der Waals surface area contributed by atoms with Crippen LogP contribution in [-0.2, 0) is 47.6 Å². The van der Waals surface area contributed by atoms with Crippen molar-refractivity contribution < 1.29 is 51.7 Å². The fraction of sp³-hybridized carbons (Fsp3) is 0.750. The van der Waals surface area contributed by atoms with E-state index in [2.05, 4.69) is 0 Å². The molecule has 5 atom stereocenters. The molecule has 10 nitrogen and oxygen atoms in total. The average Bonchev–Trinajstić information content (AvgIpc) is 2.58. The molecule has 0 N–H and O–H groups in total. The van der Waals surface area contributed by atoms with Gasteiger partial charge in [-0.05, 0) is 0 Å². The molecular formula is C16H26O10. The number of methoxy groups -OCH3 is 2. The Labute approximate surface area is 156 Å². The summed E-state index contributed by atoms with van der Waals surface area (Å²) < 4.78 is 52.8.